The molecule has 0 heterocycles. The fraction of sp³-hybridized carbons (Fsp3) is 1.00. The molecule has 0 spiro atoms. The highest BCUT2D eigenvalue weighted by Gasteiger charge is 2.52. The van der Waals surface area contributed by atoms with Crippen molar-refractivity contribution in [2.75, 3.05) is 13.7 Å². The highest BCUT2D eigenvalue weighted by Crippen LogP contribution is 2.48. The van der Waals surface area contributed by atoms with E-state index in [-0.39, 0.29) is 0 Å². The first kappa shape index (κ1) is 11.0. The Bertz CT molecular complexity index is 154. The second-order valence-corrected chi connectivity index (χ2v) is 3.96. The molecular formula is C11H23NO. The van der Waals surface area contributed by atoms with E-state index in [1.165, 1.54) is 19.3 Å². The van der Waals surface area contributed by atoms with E-state index in [0.717, 1.165) is 6.61 Å². The van der Waals surface area contributed by atoms with Gasteiger partial charge in [-0.25, -0.2) is 0 Å². The van der Waals surface area contributed by atoms with E-state index >= 15 is 0 Å². The Morgan fingerprint density at radius 1 is 1.31 bits per heavy atom. The minimum atomic E-state index is 0.408. The average Bonchev–Trinajstić information content (AvgIpc) is 2.14. The Balaban J connectivity index is 2.61. The van der Waals surface area contributed by atoms with Crippen LogP contribution in [0.15, 0.2) is 0 Å². The molecule has 0 aromatic rings. The van der Waals surface area contributed by atoms with E-state index in [4.69, 9.17) is 4.74 Å². The summed E-state index contributed by atoms with van der Waals surface area (Å²) >= 11 is 0. The van der Waals surface area contributed by atoms with E-state index < -0.39 is 0 Å². The quantitative estimate of drug-likeness (QED) is 0.709. The van der Waals surface area contributed by atoms with Crippen molar-refractivity contribution in [1.29, 1.82) is 0 Å². The number of ether oxygens (including phenoxy) is 1. The fourth-order valence-corrected chi connectivity index (χ4v) is 2.79. The summed E-state index contributed by atoms with van der Waals surface area (Å²) in [5.41, 5.74) is 0.408. The molecule has 1 rings (SSSR count). The van der Waals surface area contributed by atoms with Crippen molar-refractivity contribution in [2.24, 2.45) is 5.41 Å². The Kier molecular flexibility index (Phi) is 3.74. The SMILES string of the molecule is CCOC1CC(NC)C1(CC)CC. The van der Waals surface area contributed by atoms with Crippen LogP contribution in [0, 0.1) is 5.41 Å². The minimum Gasteiger partial charge on any atom is -0.378 e. The van der Waals surface area contributed by atoms with Gasteiger partial charge in [-0.3, -0.25) is 0 Å². The zero-order chi connectivity index (χ0) is 9.90. The van der Waals surface area contributed by atoms with Gasteiger partial charge in [0.25, 0.3) is 0 Å². The maximum atomic E-state index is 5.77. The second-order valence-electron chi connectivity index (χ2n) is 3.96. The van der Waals surface area contributed by atoms with Gasteiger partial charge in [-0.2, -0.15) is 0 Å². The molecule has 1 aliphatic carbocycles. The number of hydrogen-bond donors (Lipinski definition) is 1. The average molecular weight is 185 g/mol. The summed E-state index contributed by atoms with van der Waals surface area (Å²) in [6, 6.07) is 0.666. The molecule has 1 saturated carbocycles. The van der Waals surface area contributed by atoms with E-state index in [9.17, 15) is 0 Å². The van der Waals surface area contributed by atoms with E-state index in [1.807, 2.05) is 0 Å². The van der Waals surface area contributed by atoms with Gasteiger partial charge in [0, 0.05) is 18.1 Å². The van der Waals surface area contributed by atoms with Gasteiger partial charge in [-0.15, -0.1) is 0 Å². The summed E-state index contributed by atoms with van der Waals surface area (Å²) in [7, 11) is 2.06. The Morgan fingerprint density at radius 3 is 2.31 bits per heavy atom. The van der Waals surface area contributed by atoms with E-state index in [1.54, 1.807) is 0 Å². The van der Waals surface area contributed by atoms with Crippen LogP contribution in [0.4, 0.5) is 0 Å². The van der Waals surface area contributed by atoms with Crippen LogP contribution < -0.4 is 5.32 Å². The first-order chi connectivity index (χ1) is 6.25. The van der Waals surface area contributed by atoms with Gasteiger partial charge in [0.2, 0.25) is 0 Å². The molecule has 1 fully saturated rings. The molecule has 2 atom stereocenters. The summed E-state index contributed by atoms with van der Waals surface area (Å²) in [6.07, 6.45) is 4.12. The zero-order valence-electron chi connectivity index (χ0n) is 9.39. The lowest BCUT2D eigenvalue weighted by atomic mass is 9.59. The molecule has 2 nitrogen and oxygen atoms in total. The molecule has 0 amide bonds. The summed E-state index contributed by atoms with van der Waals surface area (Å²) in [5.74, 6) is 0. The van der Waals surface area contributed by atoms with E-state index in [0.29, 0.717) is 17.6 Å². The third-order valence-electron chi connectivity index (χ3n) is 3.82. The normalized spacial score (nSPS) is 31.4. The lowest BCUT2D eigenvalue weighted by Gasteiger charge is -2.55. The van der Waals surface area contributed by atoms with Crippen LogP contribution >= 0.6 is 0 Å². The monoisotopic (exact) mass is 185 g/mol. The minimum absolute atomic E-state index is 0.408. The summed E-state index contributed by atoms with van der Waals surface area (Å²) in [6.45, 7) is 7.49. The highest BCUT2D eigenvalue weighted by molar-refractivity contribution is 5.06. The first-order valence-electron chi connectivity index (χ1n) is 5.54. The summed E-state index contributed by atoms with van der Waals surface area (Å²) in [5, 5.41) is 3.40. The third kappa shape index (κ3) is 1.62. The van der Waals surface area contributed by atoms with Crippen LogP contribution in [-0.4, -0.2) is 25.8 Å². The van der Waals surface area contributed by atoms with Gasteiger partial charge >= 0.3 is 0 Å². The van der Waals surface area contributed by atoms with Crippen molar-refractivity contribution in [2.45, 2.75) is 52.2 Å². The highest BCUT2D eigenvalue weighted by atomic mass is 16.5. The van der Waals surface area contributed by atoms with Crippen molar-refractivity contribution in [3.8, 4) is 0 Å². The van der Waals surface area contributed by atoms with Gasteiger partial charge in [0.15, 0.2) is 0 Å². The molecular weight excluding hydrogens is 162 g/mol. The first-order valence-corrected chi connectivity index (χ1v) is 5.54. The molecule has 2 unspecified atom stereocenters. The molecule has 0 aromatic heterocycles. The number of rotatable bonds is 5. The standard InChI is InChI=1S/C11H23NO/c1-5-11(6-2)9(12-4)8-10(11)13-7-3/h9-10,12H,5-8H2,1-4H3. The van der Waals surface area contributed by atoms with Crippen LogP contribution in [-0.2, 0) is 4.74 Å². The maximum Gasteiger partial charge on any atom is 0.0660 e. The lowest BCUT2D eigenvalue weighted by molar-refractivity contribution is -0.136. The van der Waals surface area contributed by atoms with Crippen LogP contribution in [0.3, 0.4) is 0 Å². The second kappa shape index (κ2) is 4.43. The van der Waals surface area contributed by atoms with Gasteiger partial charge in [-0.05, 0) is 33.2 Å². The van der Waals surface area contributed by atoms with Crippen molar-refractivity contribution < 1.29 is 4.74 Å². The molecule has 0 aliphatic heterocycles. The van der Waals surface area contributed by atoms with Crippen LogP contribution in [0.2, 0.25) is 0 Å². The van der Waals surface area contributed by atoms with Gasteiger partial charge < -0.3 is 10.1 Å². The Hall–Kier alpha value is -0.0800. The molecule has 0 radical (unpaired) electrons. The van der Waals surface area contributed by atoms with E-state index in [2.05, 4.69) is 33.1 Å². The third-order valence-corrected chi connectivity index (χ3v) is 3.82. The van der Waals surface area contributed by atoms with Gasteiger partial charge in [0.1, 0.15) is 0 Å². The van der Waals surface area contributed by atoms with Crippen LogP contribution in [0.5, 0.6) is 0 Å². The van der Waals surface area contributed by atoms with Crippen LogP contribution in [0.1, 0.15) is 40.0 Å². The van der Waals surface area contributed by atoms with Crippen molar-refractivity contribution >= 4 is 0 Å². The topological polar surface area (TPSA) is 21.3 Å². The molecule has 0 bridgehead atoms. The molecule has 78 valence electrons. The molecule has 1 N–H and O–H groups in total. The molecule has 2 heteroatoms. The fourth-order valence-electron chi connectivity index (χ4n) is 2.79. The molecule has 0 aromatic carbocycles. The van der Waals surface area contributed by atoms with Crippen molar-refractivity contribution in [3.63, 3.8) is 0 Å². The van der Waals surface area contributed by atoms with Crippen molar-refractivity contribution in [1.82, 2.24) is 5.32 Å². The Labute approximate surface area is 82.0 Å². The zero-order valence-corrected chi connectivity index (χ0v) is 9.39. The Morgan fingerprint density at radius 2 is 1.92 bits per heavy atom. The molecule has 1 aliphatic rings. The number of hydrogen-bond acceptors (Lipinski definition) is 2. The maximum absolute atomic E-state index is 5.77. The van der Waals surface area contributed by atoms with Gasteiger partial charge in [0.05, 0.1) is 6.10 Å². The number of nitrogens with one attached hydrogen (secondary N) is 1. The smallest absolute Gasteiger partial charge is 0.0660 e. The van der Waals surface area contributed by atoms with Crippen molar-refractivity contribution in [3.05, 3.63) is 0 Å². The summed E-state index contributed by atoms with van der Waals surface area (Å²) in [4.78, 5) is 0. The molecule has 13 heavy (non-hydrogen) atoms. The predicted molar refractivity (Wildman–Crippen MR) is 55.9 cm³/mol. The largest absolute Gasteiger partial charge is 0.378 e. The van der Waals surface area contributed by atoms with Gasteiger partial charge in [-0.1, -0.05) is 13.8 Å². The summed E-state index contributed by atoms with van der Waals surface area (Å²) < 4.78 is 5.77. The molecule has 0 saturated heterocycles. The lowest BCUT2D eigenvalue weighted by Crippen LogP contribution is -2.62. The van der Waals surface area contributed by atoms with Crippen LogP contribution in [0.25, 0.3) is 0 Å². The predicted octanol–water partition coefficient (Wildman–Crippen LogP) is 2.19.